The van der Waals surface area contributed by atoms with Crippen LogP contribution in [0.15, 0.2) is 13.7 Å². The molecule has 0 saturated carbocycles. The summed E-state index contributed by atoms with van der Waals surface area (Å²) in [7, 11) is 0. The minimum atomic E-state index is -0.887. The van der Waals surface area contributed by atoms with Crippen LogP contribution in [0, 0.1) is 0 Å². The Morgan fingerprint density at radius 3 is 1.04 bits per heavy atom. The summed E-state index contributed by atoms with van der Waals surface area (Å²) >= 11 is 5.88. The first-order chi connectivity index (χ1) is 12.0. The molecule has 0 saturated heterocycles. The topological polar surface area (TPSA) is 122 Å². The molecular weight excluding hydrogens is 484 g/mol. The number of esters is 4. The van der Waals surface area contributed by atoms with E-state index >= 15 is 0 Å². The summed E-state index contributed by atoms with van der Waals surface area (Å²) in [6.07, 6.45) is 0. The van der Waals surface area contributed by atoms with Gasteiger partial charge in [0.2, 0.25) is 16.9 Å². The molecule has 0 N–H and O–H groups in total. The van der Waals surface area contributed by atoms with Crippen LogP contribution in [0.1, 0.15) is 27.7 Å². The molecule has 0 bridgehead atoms. The molecule has 0 aliphatic heterocycles. The number of ether oxygens (including phenoxy) is 4. The average Bonchev–Trinajstić information content (AvgIpc) is 2.55. The zero-order valence-corrected chi connectivity index (χ0v) is 17.1. The molecule has 1 rings (SSSR count). The largest absolute Gasteiger partial charge is 0.421 e. The zero-order chi connectivity index (χ0) is 20.2. The van der Waals surface area contributed by atoms with Gasteiger partial charge in [0.1, 0.15) is 8.95 Å². The van der Waals surface area contributed by atoms with Gasteiger partial charge in [0, 0.05) is 27.7 Å². The molecule has 0 amide bonds. The van der Waals surface area contributed by atoms with Gasteiger partial charge in [0.25, 0.3) is 0 Å². The molecule has 0 heterocycles. The van der Waals surface area contributed by atoms with E-state index in [0.717, 1.165) is 27.7 Å². The molecule has 0 spiro atoms. The molecule has 0 radical (unpaired) electrons. The highest BCUT2D eigenvalue weighted by molar-refractivity contribution is 9.11. The molecule has 1 aromatic rings. The van der Waals surface area contributed by atoms with Crippen molar-refractivity contribution in [2.24, 2.45) is 0 Å². The molecule has 9 nitrogen and oxygen atoms in total. The molecule has 11 heteroatoms. The summed E-state index contributed by atoms with van der Waals surface area (Å²) < 4.78 is 19.1. The van der Waals surface area contributed by atoms with Crippen LogP contribution in [0.2, 0.25) is 0 Å². The predicted octanol–water partition coefficient (Wildman–Crippen LogP) is 2.27. The summed E-state index contributed by atoms with van der Waals surface area (Å²) in [5.41, 5.74) is -0.829. The maximum Gasteiger partial charge on any atom is 0.308 e. The minimum Gasteiger partial charge on any atom is -0.421 e. The standard InChI is InChI=1S/C15H12Br2O9/c1-5(18)23-12-9(16)11(22)10(17)13(24-6(2)19)15(26-8(4)21)14(12)25-7(3)20/h1-4H3. The lowest BCUT2D eigenvalue weighted by Crippen LogP contribution is -2.11. The highest BCUT2D eigenvalue weighted by Crippen LogP contribution is 2.48. The number of carbonyl (C=O) groups excluding carboxylic acids is 4. The van der Waals surface area contributed by atoms with Crippen LogP contribution < -0.4 is 24.4 Å². The molecule has 1 aromatic carbocycles. The molecule has 0 unspecified atom stereocenters. The van der Waals surface area contributed by atoms with Crippen molar-refractivity contribution in [3.05, 3.63) is 19.2 Å². The molecule has 0 aliphatic rings. The van der Waals surface area contributed by atoms with Crippen molar-refractivity contribution in [2.45, 2.75) is 27.7 Å². The summed E-state index contributed by atoms with van der Waals surface area (Å²) in [5, 5.41) is 0. The fraction of sp³-hybridized carbons (Fsp3) is 0.267. The summed E-state index contributed by atoms with van der Waals surface area (Å²) in [6.45, 7) is 4.12. The van der Waals surface area contributed by atoms with Gasteiger partial charge >= 0.3 is 23.9 Å². The van der Waals surface area contributed by atoms with Crippen molar-refractivity contribution >= 4 is 55.7 Å². The first kappa shape index (κ1) is 21.8. The van der Waals surface area contributed by atoms with E-state index in [9.17, 15) is 24.0 Å². The molecule has 0 fully saturated rings. The fourth-order valence-electron chi connectivity index (χ4n) is 1.65. The van der Waals surface area contributed by atoms with E-state index < -0.39 is 52.3 Å². The number of hydrogen-bond donors (Lipinski definition) is 0. The van der Waals surface area contributed by atoms with E-state index in [4.69, 9.17) is 18.9 Å². The maximum atomic E-state index is 12.5. The third-order valence-electron chi connectivity index (χ3n) is 2.40. The minimum absolute atomic E-state index is 0.345. The zero-order valence-electron chi connectivity index (χ0n) is 13.9. The molecule has 0 atom stereocenters. The Bertz CT molecular complexity index is 794. The van der Waals surface area contributed by atoms with E-state index in [2.05, 4.69) is 31.9 Å². The first-order valence-corrected chi connectivity index (χ1v) is 8.37. The Kier molecular flexibility index (Phi) is 7.45. The number of rotatable bonds is 4. The summed E-state index contributed by atoms with van der Waals surface area (Å²) in [4.78, 5) is 58.3. The normalized spacial score (nSPS) is 9.92. The van der Waals surface area contributed by atoms with Crippen LogP contribution >= 0.6 is 31.9 Å². The predicted molar refractivity (Wildman–Crippen MR) is 93.3 cm³/mol. The maximum absolute atomic E-state index is 12.5. The van der Waals surface area contributed by atoms with Crippen LogP contribution in [-0.2, 0) is 19.2 Å². The van der Waals surface area contributed by atoms with Gasteiger partial charge in [0.05, 0.1) is 0 Å². The lowest BCUT2D eigenvalue weighted by molar-refractivity contribution is -0.136. The average molecular weight is 496 g/mol. The van der Waals surface area contributed by atoms with Gasteiger partial charge < -0.3 is 18.9 Å². The molecule has 0 aromatic heterocycles. The highest BCUT2D eigenvalue weighted by atomic mass is 79.9. The monoisotopic (exact) mass is 494 g/mol. The third kappa shape index (κ3) is 5.36. The molecule has 26 heavy (non-hydrogen) atoms. The van der Waals surface area contributed by atoms with Crippen LogP contribution in [-0.4, -0.2) is 23.9 Å². The van der Waals surface area contributed by atoms with Gasteiger partial charge in [-0.05, 0) is 31.9 Å². The van der Waals surface area contributed by atoms with Crippen molar-refractivity contribution < 1.29 is 38.1 Å². The van der Waals surface area contributed by atoms with Gasteiger partial charge in [-0.1, -0.05) is 0 Å². The number of carbonyl (C=O) groups is 4. The lowest BCUT2D eigenvalue weighted by atomic mass is 10.3. The van der Waals surface area contributed by atoms with E-state index in [1.807, 2.05) is 0 Å². The summed E-state index contributed by atoms with van der Waals surface area (Å²) in [5.74, 6) is -5.76. The van der Waals surface area contributed by atoms with Gasteiger partial charge in [-0.15, -0.1) is 0 Å². The lowest BCUT2D eigenvalue weighted by Gasteiger charge is -2.12. The van der Waals surface area contributed by atoms with Crippen LogP contribution in [0.4, 0.5) is 0 Å². The number of hydrogen-bond acceptors (Lipinski definition) is 9. The van der Waals surface area contributed by atoms with Gasteiger partial charge in [-0.2, -0.15) is 0 Å². The van der Waals surface area contributed by atoms with E-state index in [0.29, 0.717) is 0 Å². The highest BCUT2D eigenvalue weighted by Gasteiger charge is 2.29. The van der Waals surface area contributed by atoms with Crippen LogP contribution in [0.25, 0.3) is 0 Å². The molecule has 0 aliphatic carbocycles. The molecule has 140 valence electrons. The van der Waals surface area contributed by atoms with Gasteiger partial charge in [-0.3, -0.25) is 24.0 Å². The van der Waals surface area contributed by atoms with Crippen molar-refractivity contribution in [2.75, 3.05) is 0 Å². The van der Waals surface area contributed by atoms with Gasteiger partial charge in [0.15, 0.2) is 11.5 Å². The third-order valence-corrected chi connectivity index (χ3v) is 3.84. The summed E-state index contributed by atoms with van der Waals surface area (Å²) in [6, 6.07) is 0. The Morgan fingerprint density at radius 2 is 0.808 bits per heavy atom. The van der Waals surface area contributed by atoms with Crippen molar-refractivity contribution in [1.82, 2.24) is 0 Å². The Labute approximate surface area is 163 Å². The van der Waals surface area contributed by atoms with Gasteiger partial charge in [-0.25, -0.2) is 0 Å². The Hall–Kier alpha value is -2.27. The first-order valence-electron chi connectivity index (χ1n) is 6.78. The smallest absolute Gasteiger partial charge is 0.308 e. The van der Waals surface area contributed by atoms with E-state index in [1.54, 1.807) is 0 Å². The van der Waals surface area contributed by atoms with E-state index in [1.165, 1.54) is 0 Å². The second-order valence-corrected chi connectivity index (χ2v) is 6.23. The second kappa shape index (κ2) is 8.90. The van der Waals surface area contributed by atoms with Crippen molar-refractivity contribution in [3.63, 3.8) is 0 Å². The quantitative estimate of drug-likeness (QED) is 0.578. The number of halogens is 2. The fourth-order valence-corrected chi connectivity index (χ4v) is 2.84. The van der Waals surface area contributed by atoms with E-state index in [-0.39, 0.29) is 8.95 Å². The van der Waals surface area contributed by atoms with Crippen molar-refractivity contribution in [1.29, 1.82) is 0 Å². The Morgan fingerprint density at radius 1 is 0.577 bits per heavy atom. The Balaban J connectivity index is 4.13. The van der Waals surface area contributed by atoms with Crippen LogP contribution in [0.3, 0.4) is 0 Å². The molecular formula is C15H12Br2O9. The second-order valence-electron chi connectivity index (χ2n) is 4.65. The SMILES string of the molecule is CC(=O)Oc1c(OC(C)=O)c(OC(C)=O)c(Br)c(=O)c(Br)c1OC(C)=O. The van der Waals surface area contributed by atoms with Crippen LogP contribution in [0.5, 0.6) is 23.0 Å². The van der Waals surface area contributed by atoms with Crippen molar-refractivity contribution in [3.8, 4) is 23.0 Å².